The quantitative estimate of drug-likeness (QED) is 0.122. The van der Waals surface area contributed by atoms with E-state index in [9.17, 15) is 0 Å². The van der Waals surface area contributed by atoms with Crippen LogP contribution in [0.15, 0.2) is 228 Å². The maximum absolute atomic E-state index is 5.20. The number of hydrogen-bond acceptors (Lipinski definition) is 2. The summed E-state index contributed by atoms with van der Waals surface area (Å²) in [6.45, 7) is 4.28. The normalized spacial score (nSPS) is 19.1. The molecule has 2 nitrogen and oxygen atoms in total. The van der Waals surface area contributed by atoms with E-state index >= 15 is 0 Å². The summed E-state index contributed by atoms with van der Waals surface area (Å²) < 4.78 is 0.908. The van der Waals surface area contributed by atoms with Gasteiger partial charge in [-0.1, -0.05) is 183 Å². The van der Waals surface area contributed by atoms with Crippen LogP contribution in [0.3, 0.4) is 0 Å². The van der Waals surface area contributed by atoms with Gasteiger partial charge >= 0.3 is 0 Å². The molecule has 0 saturated heterocycles. The van der Waals surface area contributed by atoms with E-state index in [0.29, 0.717) is 0 Å². The molecule has 0 aliphatic heterocycles. The van der Waals surface area contributed by atoms with E-state index < -0.39 is 0 Å². The average Bonchev–Trinajstić information content (AvgIpc) is 3.45. The number of aliphatic imine (C=N–C) groups is 1. The predicted molar refractivity (Wildman–Crippen MR) is 258 cm³/mol. The molecule has 0 radical (unpaired) electrons. The van der Waals surface area contributed by atoms with E-state index in [1.807, 2.05) is 24.4 Å². The number of nitrogens with zero attached hydrogens (tertiary/aromatic N) is 1. The SMILES string of the molecule is C=C(N/C=C(\N=C(/I)c1cccc(-c2cccc(C3=CCC4=C(C=C3)c3ccccc3C43C4=C(C=CCC4)c4ccccc43)c2)c1)C1=CC=CCC=C1)c1ccccc1. The lowest BCUT2D eigenvalue weighted by molar-refractivity contribution is 0.682. The number of rotatable bonds is 8. The number of benzene rings is 5. The lowest BCUT2D eigenvalue weighted by Gasteiger charge is -2.35. The van der Waals surface area contributed by atoms with Crippen LogP contribution in [0.5, 0.6) is 0 Å². The smallest absolute Gasteiger partial charge is 0.109 e. The fourth-order valence-electron chi connectivity index (χ4n) is 9.54. The minimum absolute atomic E-state index is 0.222. The maximum Gasteiger partial charge on any atom is 0.109 e. The largest absolute Gasteiger partial charge is 0.360 e. The Morgan fingerprint density at radius 1 is 0.661 bits per heavy atom. The third kappa shape index (κ3) is 6.64. The van der Waals surface area contributed by atoms with E-state index in [1.54, 1.807) is 5.57 Å². The lowest BCUT2D eigenvalue weighted by atomic mass is 9.66. The zero-order valence-electron chi connectivity index (χ0n) is 32.8. The average molecular weight is 871 g/mol. The van der Waals surface area contributed by atoms with Gasteiger partial charge in [-0.3, -0.25) is 0 Å². The minimum Gasteiger partial charge on any atom is -0.360 e. The molecule has 0 bridgehead atoms. The van der Waals surface area contributed by atoms with Gasteiger partial charge in [0.1, 0.15) is 3.72 Å². The fraction of sp³-hybridized carbons (Fsp3) is 0.0893. The second-order valence-corrected chi connectivity index (χ2v) is 16.6. The highest BCUT2D eigenvalue weighted by Gasteiger charge is 2.53. The fourth-order valence-corrected chi connectivity index (χ4v) is 10.1. The van der Waals surface area contributed by atoms with Gasteiger partial charge in [-0.2, -0.15) is 0 Å². The van der Waals surface area contributed by atoms with Crippen molar-refractivity contribution in [3.05, 3.63) is 262 Å². The molecule has 0 saturated carbocycles. The second kappa shape index (κ2) is 15.8. The van der Waals surface area contributed by atoms with E-state index in [4.69, 9.17) is 4.99 Å². The van der Waals surface area contributed by atoms with Gasteiger partial charge < -0.3 is 5.32 Å². The summed E-state index contributed by atoms with van der Waals surface area (Å²) in [6, 6.07) is 46.2. The summed E-state index contributed by atoms with van der Waals surface area (Å²) in [7, 11) is 0. The number of nitrogens with one attached hydrogen (secondary N) is 1. The Labute approximate surface area is 361 Å². The van der Waals surface area contributed by atoms with Crippen molar-refractivity contribution in [1.82, 2.24) is 5.32 Å². The van der Waals surface area contributed by atoms with Crippen LogP contribution in [0.4, 0.5) is 0 Å². The molecule has 5 aromatic rings. The molecule has 0 amide bonds. The molecule has 1 unspecified atom stereocenters. The molecule has 5 aliphatic carbocycles. The highest BCUT2D eigenvalue weighted by Crippen LogP contribution is 2.64. The number of hydrogen-bond donors (Lipinski definition) is 1. The Morgan fingerprint density at radius 3 is 2.17 bits per heavy atom. The first-order valence-electron chi connectivity index (χ1n) is 20.5. The Bertz CT molecular complexity index is 2870. The van der Waals surface area contributed by atoms with Crippen molar-refractivity contribution in [2.45, 2.75) is 31.1 Å². The van der Waals surface area contributed by atoms with Gasteiger partial charge in [0.25, 0.3) is 0 Å². The van der Waals surface area contributed by atoms with Crippen LogP contribution in [-0.4, -0.2) is 3.72 Å². The van der Waals surface area contributed by atoms with Crippen LogP contribution in [-0.2, 0) is 5.41 Å². The second-order valence-electron chi connectivity index (χ2n) is 15.5. The molecule has 0 aromatic heterocycles. The monoisotopic (exact) mass is 870 g/mol. The standard InChI is InChI=1S/C56H43IN2/c1-38(39-17-7-4-8-18-39)58-37-54(41-19-5-2-3-6-20-41)59-55(57)45-24-16-23-44(36-45)43-22-15-21-42(35-43)40-31-33-49-48-27-11-14-30-52(48)56(53(49)34-32-40)50-28-12-9-25-46(50)47-26-10-13-29-51(47)56/h2,4-12,14-28,30-33,35-37,58H,1,3,13,29,34H2/b54-37-,59-55-. The van der Waals surface area contributed by atoms with Gasteiger partial charge in [0.2, 0.25) is 0 Å². The van der Waals surface area contributed by atoms with Gasteiger partial charge in [0.15, 0.2) is 0 Å². The summed E-state index contributed by atoms with van der Waals surface area (Å²) in [5, 5.41) is 3.42. The summed E-state index contributed by atoms with van der Waals surface area (Å²) >= 11 is 2.38. The molecular formula is C56H43IN2. The van der Waals surface area contributed by atoms with Crippen molar-refractivity contribution in [2.75, 3.05) is 0 Å². The van der Waals surface area contributed by atoms with Gasteiger partial charge in [0, 0.05) is 23.0 Å². The molecule has 1 atom stereocenters. The molecule has 0 heterocycles. The number of fused-ring (bicyclic) bond motifs is 8. The van der Waals surface area contributed by atoms with Crippen molar-refractivity contribution in [3.63, 3.8) is 0 Å². The first-order chi connectivity index (χ1) is 29.1. The van der Waals surface area contributed by atoms with Crippen LogP contribution >= 0.6 is 22.6 Å². The number of halogens is 1. The van der Waals surface area contributed by atoms with Crippen molar-refractivity contribution in [1.29, 1.82) is 0 Å². The van der Waals surface area contributed by atoms with Crippen LogP contribution in [0.1, 0.15) is 64.6 Å². The van der Waals surface area contributed by atoms with Gasteiger partial charge in [-0.25, -0.2) is 4.99 Å². The van der Waals surface area contributed by atoms with Crippen LogP contribution in [0, 0.1) is 0 Å². The molecule has 1 spiro atoms. The Morgan fingerprint density at radius 2 is 1.36 bits per heavy atom. The van der Waals surface area contributed by atoms with E-state index in [-0.39, 0.29) is 5.41 Å². The molecule has 284 valence electrons. The van der Waals surface area contributed by atoms with E-state index in [2.05, 4.69) is 204 Å². The third-order valence-electron chi connectivity index (χ3n) is 12.2. The first-order valence-corrected chi connectivity index (χ1v) is 21.6. The maximum atomic E-state index is 5.20. The Balaban J connectivity index is 0.968. The van der Waals surface area contributed by atoms with Crippen molar-refractivity contribution in [2.24, 2.45) is 4.99 Å². The molecule has 59 heavy (non-hydrogen) atoms. The zero-order valence-corrected chi connectivity index (χ0v) is 35.0. The molecule has 3 heteroatoms. The van der Waals surface area contributed by atoms with Crippen molar-refractivity contribution >= 4 is 48.7 Å². The first kappa shape index (κ1) is 37.0. The molecular weight excluding hydrogens is 828 g/mol. The molecule has 1 N–H and O–H groups in total. The Hall–Kier alpha value is -6.30. The van der Waals surface area contributed by atoms with Crippen molar-refractivity contribution < 1.29 is 0 Å². The summed E-state index contributed by atoms with van der Waals surface area (Å²) in [4.78, 5) is 5.20. The van der Waals surface area contributed by atoms with Crippen LogP contribution in [0.25, 0.3) is 33.5 Å². The summed E-state index contributed by atoms with van der Waals surface area (Å²) in [5.74, 6) is 0. The van der Waals surface area contributed by atoms with Gasteiger partial charge in [0.05, 0.1) is 11.1 Å². The molecule has 5 aliphatic rings. The van der Waals surface area contributed by atoms with E-state index in [0.717, 1.165) is 63.1 Å². The molecule has 0 fully saturated rings. The third-order valence-corrected chi connectivity index (χ3v) is 13.1. The Kier molecular flexibility index (Phi) is 9.91. The highest BCUT2D eigenvalue weighted by atomic mass is 127. The predicted octanol–water partition coefficient (Wildman–Crippen LogP) is 14.3. The van der Waals surface area contributed by atoms with Crippen molar-refractivity contribution in [3.8, 4) is 11.1 Å². The van der Waals surface area contributed by atoms with Crippen LogP contribution < -0.4 is 5.32 Å². The van der Waals surface area contributed by atoms with Crippen LogP contribution in [0.2, 0.25) is 0 Å². The van der Waals surface area contributed by atoms with Gasteiger partial charge in [-0.05, 0) is 133 Å². The van der Waals surface area contributed by atoms with E-state index in [1.165, 1.54) is 55.7 Å². The minimum atomic E-state index is -0.222. The number of allylic oxidation sites excluding steroid dienone is 15. The van der Waals surface area contributed by atoms with Gasteiger partial charge in [-0.15, -0.1) is 0 Å². The summed E-state index contributed by atoms with van der Waals surface area (Å²) in [6.07, 6.45) is 28.5. The molecule has 5 aromatic carbocycles. The summed E-state index contributed by atoms with van der Waals surface area (Å²) in [5.41, 5.74) is 20.9. The zero-order chi connectivity index (χ0) is 39.8. The lowest BCUT2D eigenvalue weighted by Crippen LogP contribution is -2.29. The highest BCUT2D eigenvalue weighted by molar-refractivity contribution is 14.1. The topological polar surface area (TPSA) is 24.4 Å². The molecule has 10 rings (SSSR count).